The van der Waals surface area contributed by atoms with Crippen LogP contribution in [0.5, 0.6) is 0 Å². The van der Waals surface area contributed by atoms with Gasteiger partial charge >= 0.3 is 0 Å². The number of thioether (sulfide) groups is 1. The molecule has 2 heteroatoms. The molecule has 0 N–H and O–H groups in total. The Labute approximate surface area is 371 Å². The summed E-state index contributed by atoms with van der Waals surface area (Å²) in [6.45, 7) is 2.41. The van der Waals surface area contributed by atoms with Crippen LogP contribution in [-0.2, 0) is 5.41 Å². The number of benzene rings is 5. The number of hydrogen-bond donors (Lipinski definition) is 0. The molecule has 0 saturated carbocycles. The molecule has 0 amide bonds. The highest BCUT2D eigenvalue weighted by Gasteiger charge is 2.49. The molecule has 0 aromatic heterocycles. The number of anilines is 1. The van der Waals surface area contributed by atoms with Gasteiger partial charge < -0.3 is 4.90 Å². The summed E-state index contributed by atoms with van der Waals surface area (Å²) in [6.07, 6.45) is 38.2. The fourth-order valence-corrected chi connectivity index (χ4v) is 13.3. The van der Waals surface area contributed by atoms with Crippen molar-refractivity contribution in [2.24, 2.45) is 11.8 Å². The maximum Gasteiger partial charge on any atom is 0.0560 e. The molecule has 5 aromatic carbocycles. The van der Waals surface area contributed by atoms with Crippen LogP contribution in [0.4, 0.5) is 5.69 Å². The van der Waals surface area contributed by atoms with Gasteiger partial charge in [-0.2, -0.15) is 0 Å². The van der Waals surface area contributed by atoms with Crippen LogP contribution in [0.1, 0.15) is 66.7 Å². The first-order valence-electron chi connectivity index (χ1n) is 22.8. The van der Waals surface area contributed by atoms with Gasteiger partial charge in [-0.15, -0.1) is 11.8 Å². The minimum absolute atomic E-state index is 0.211. The second kappa shape index (κ2) is 15.4. The van der Waals surface area contributed by atoms with Crippen molar-refractivity contribution in [3.8, 4) is 11.1 Å². The van der Waals surface area contributed by atoms with Crippen LogP contribution in [0.3, 0.4) is 0 Å². The van der Waals surface area contributed by atoms with Gasteiger partial charge in [0.2, 0.25) is 0 Å². The van der Waals surface area contributed by atoms with Crippen molar-refractivity contribution in [3.63, 3.8) is 0 Å². The van der Waals surface area contributed by atoms with E-state index < -0.39 is 0 Å². The molecule has 6 aliphatic carbocycles. The monoisotopic (exact) mass is 817 g/mol. The molecule has 7 atom stereocenters. The van der Waals surface area contributed by atoms with Crippen molar-refractivity contribution in [1.29, 1.82) is 0 Å². The molecule has 1 heterocycles. The summed E-state index contributed by atoms with van der Waals surface area (Å²) in [6, 6.07) is 46.0. The lowest BCUT2D eigenvalue weighted by Crippen LogP contribution is -2.49. The third-order valence-corrected chi connectivity index (χ3v) is 16.0. The first-order chi connectivity index (χ1) is 30.6. The van der Waals surface area contributed by atoms with Gasteiger partial charge in [-0.1, -0.05) is 183 Å². The number of allylic oxidation sites excluding steroid dienone is 12. The minimum Gasteiger partial charge on any atom is -0.334 e. The van der Waals surface area contributed by atoms with Crippen molar-refractivity contribution in [2.45, 2.75) is 66.0 Å². The van der Waals surface area contributed by atoms with Gasteiger partial charge in [-0.25, -0.2) is 0 Å². The third-order valence-electron chi connectivity index (χ3n) is 14.7. The molecule has 0 saturated heterocycles. The highest BCUT2D eigenvalue weighted by Crippen LogP contribution is 2.57. The summed E-state index contributed by atoms with van der Waals surface area (Å²) in [7, 11) is 0. The summed E-state index contributed by atoms with van der Waals surface area (Å²) >= 11 is 2.01. The average molecular weight is 818 g/mol. The number of hydrogen-bond acceptors (Lipinski definition) is 2. The zero-order valence-electron chi connectivity index (χ0n) is 35.3. The molecular formula is C60H51NS. The molecule has 12 rings (SSSR count). The van der Waals surface area contributed by atoms with Gasteiger partial charge in [0.25, 0.3) is 0 Å². The minimum atomic E-state index is -0.260. The molecule has 302 valence electrons. The standard InChI is InChI=1S/C60H51NS/c1-40-36-45-17-13-23-54-51-21-8-10-24-55(51)60(56(37-40)59(45)54,46-18-6-3-7-19-46)47-20-12-16-44(38-47)43-28-32-49(33-29-43)61(48-30-26-42(27-31-48)41-14-4-2-5-15-41)50-34-35-53-52-22-9-11-25-57(52)62-58(53)39-50/h2-15,17-18,20-30,32-36,38-40,44,46,48,53,58H,16,19,31,37H2,1H3/t40?,44?,46?,48?,53?,58?,60-/m0/s1. The SMILES string of the molecule is CC1C=c2cccc3c2=C(C1)[C@](C1=CC(c2ccc(N(C4=CC5Sc6ccccc6C5C=C4)C4C=CC(c5ccccc5)=CC4)cc2)CC=C1)(C1C=CC=CC1)c1ccccc1-3. The van der Waals surface area contributed by atoms with Crippen LogP contribution >= 0.6 is 11.8 Å². The van der Waals surface area contributed by atoms with Crippen LogP contribution in [0.2, 0.25) is 0 Å². The van der Waals surface area contributed by atoms with Gasteiger partial charge in [0.15, 0.2) is 0 Å². The van der Waals surface area contributed by atoms with Crippen molar-refractivity contribution < 1.29 is 0 Å². The van der Waals surface area contributed by atoms with Crippen molar-refractivity contribution in [2.75, 3.05) is 4.90 Å². The third kappa shape index (κ3) is 6.13. The fraction of sp³-hybridized carbons (Fsp3) is 0.200. The van der Waals surface area contributed by atoms with E-state index in [0.717, 1.165) is 25.7 Å². The molecule has 0 radical (unpaired) electrons. The van der Waals surface area contributed by atoms with E-state index in [1.807, 2.05) is 11.8 Å². The normalized spacial score (nSPS) is 27.2. The highest BCUT2D eigenvalue weighted by atomic mass is 32.2. The molecular weight excluding hydrogens is 767 g/mol. The van der Waals surface area contributed by atoms with Crippen molar-refractivity contribution >= 4 is 34.7 Å². The Morgan fingerprint density at radius 2 is 1.50 bits per heavy atom. The molecule has 5 aromatic rings. The second-order valence-electron chi connectivity index (χ2n) is 18.2. The van der Waals surface area contributed by atoms with Gasteiger partial charge in [0, 0.05) is 38.8 Å². The summed E-state index contributed by atoms with van der Waals surface area (Å²) in [5.74, 6) is 1.50. The van der Waals surface area contributed by atoms with Crippen LogP contribution in [0.15, 0.2) is 216 Å². The van der Waals surface area contributed by atoms with Gasteiger partial charge in [0.05, 0.1) is 6.04 Å². The lowest BCUT2D eigenvalue weighted by atomic mass is 9.53. The second-order valence-corrected chi connectivity index (χ2v) is 19.4. The summed E-state index contributed by atoms with van der Waals surface area (Å²) in [4.78, 5) is 4.01. The zero-order valence-corrected chi connectivity index (χ0v) is 36.1. The largest absolute Gasteiger partial charge is 0.334 e. The predicted molar refractivity (Wildman–Crippen MR) is 262 cm³/mol. The number of nitrogens with zero attached hydrogens (tertiary/aromatic N) is 1. The lowest BCUT2D eigenvalue weighted by molar-refractivity contribution is 0.452. The predicted octanol–water partition coefficient (Wildman–Crippen LogP) is 13.3. The molecule has 62 heavy (non-hydrogen) atoms. The topological polar surface area (TPSA) is 3.24 Å². The van der Waals surface area contributed by atoms with E-state index in [2.05, 4.69) is 218 Å². The number of fused-ring (bicyclic) bond motifs is 5. The van der Waals surface area contributed by atoms with E-state index in [-0.39, 0.29) is 17.4 Å². The Balaban J connectivity index is 0.935. The van der Waals surface area contributed by atoms with Crippen LogP contribution in [-0.4, -0.2) is 11.3 Å². The summed E-state index contributed by atoms with van der Waals surface area (Å²) in [5.41, 5.74) is 15.0. The molecule has 7 aliphatic rings. The maximum atomic E-state index is 2.67. The van der Waals surface area contributed by atoms with Crippen molar-refractivity contribution in [3.05, 3.63) is 244 Å². The first kappa shape index (κ1) is 37.7. The van der Waals surface area contributed by atoms with E-state index in [1.54, 1.807) is 5.57 Å². The molecule has 0 fully saturated rings. The Bertz CT molecular complexity index is 2990. The Morgan fingerprint density at radius 3 is 2.35 bits per heavy atom. The highest BCUT2D eigenvalue weighted by molar-refractivity contribution is 8.00. The summed E-state index contributed by atoms with van der Waals surface area (Å²) < 4.78 is 0. The van der Waals surface area contributed by atoms with E-state index in [9.17, 15) is 0 Å². The van der Waals surface area contributed by atoms with Gasteiger partial charge in [0.1, 0.15) is 0 Å². The fourth-order valence-electron chi connectivity index (χ4n) is 11.9. The van der Waals surface area contributed by atoms with Crippen LogP contribution in [0, 0.1) is 11.8 Å². The molecule has 6 unspecified atom stereocenters. The maximum absolute atomic E-state index is 2.67. The molecule has 0 spiro atoms. The molecule has 0 bridgehead atoms. The quantitative estimate of drug-likeness (QED) is 0.161. The van der Waals surface area contributed by atoms with E-state index in [1.165, 1.54) is 71.2 Å². The summed E-state index contributed by atoms with van der Waals surface area (Å²) in [5, 5.41) is 3.27. The van der Waals surface area contributed by atoms with Crippen LogP contribution < -0.4 is 15.3 Å². The zero-order chi connectivity index (χ0) is 41.2. The average Bonchev–Trinajstić information content (AvgIpc) is 3.71. The Hall–Kier alpha value is -6.09. The lowest BCUT2D eigenvalue weighted by Gasteiger charge is -2.49. The van der Waals surface area contributed by atoms with Crippen LogP contribution in [0.25, 0.3) is 28.3 Å². The Morgan fingerprint density at radius 1 is 0.661 bits per heavy atom. The van der Waals surface area contributed by atoms with E-state index >= 15 is 0 Å². The number of rotatable bonds is 7. The van der Waals surface area contributed by atoms with E-state index in [4.69, 9.17) is 0 Å². The van der Waals surface area contributed by atoms with E-state index in [0.29, 0.717) is 23.0 Å². The van der Waals surface area contributed by atoms with Gasteiger partial charge in [-0.3, -0.25) is 0 Å². The Kier molecular flexibility index (Phi) is 9.33. The van der Waals surface area contributed by atoms with Gasteiger partial charge in [-0.05, 0) is 128 Å². The molecule has 1 aliphatic heterocycles. The smallest absolute Gasteiger partial charge is 0.0560 e. The first-order valence-corrected chi connectivity index (χ1v) is 23.7. The van der Waals surface area contributed by atoms with Crippen molar-refractivity contribution in [1.82, 2.24) is 0 Å². The molecule has 1 nitrogen and oxygen atoms in total.